The Hall–Kier alpha value is -4.47. The fourth-order valence-electron chi connectivity index (χ4n) is 4.56. The lowest BCUT2D eigenvalue weighted by Gasteiger charge is -2.26. The van der Waals surface area contributed by atoms with Crippen LogP contribution in [0.4, 0.5) is 0 Å². The summed E-state index contributed by atoms with van der Waals surface area (Å²) in [6, 6.07) is 19.9. The van der Waals surface area contributed by atoms with Crippen LogP contribution in [0.3, 0.4) is 0 Å². The number of hydrogen-bond acceptors (Lipinski definition) is 9. The molecule has 3 aromatic carbocycles. The average Bonchev–Trinajstić information content (AvgIpc) is 3.58. The highest BCUT2D eigenvalue weighted by Gasteiger charge is 2.50. The number of esters is 1. The molecule has 0 aromatic heterocycles. The number of hydrogen-bond donors (Lipinski definition) is 1. The first-order chi connectivity index (χ1) is 19.0. The summed E-state index contributed by atoms with van der Waals surface area (Å²) in [7, 11) is 4.60. The van der Waals surface area contributed by atoms with Gasteiger partial charge in [0.1, 0.15) is 24.5 Å². The van der Waals surface area contributed by atoms with Crippen molar-refractivity contribution in [3.63, 3.8) is 0 Å². The summed E-state index contributed by atoms with van der Waals surface area (Å²) < 4.78 is 28.1. The summed E-state index contributed by atoms with van der Waals surface area (Å²) >= 11 is 0. The van der Waals surface area contributed by atoms with E-state index in [1.165, 1.54) is 14.2 Å². The molecule has 0 radical (unpaired) electrons. The van der Waals surface area contributed by atoms with Gasteiger partial charge >= 0.3 is 5.97 Å². The third kappa shape index (κ3) is 5.14. The molecule has 0 aliphatic carbocycles. The SMILES string of the molecule is COc1ccc(C2(O)OC(=O)C(C3=CCOO3)=C2Cc2cc(OC)c(OC)c(OCc3ccccc3)c2)cc1. The molecule has 3 aromatic rings. The van der Waals surface area contributed by atoms with E-state index in [2.05, 4.69) is 0 Å². The Kier molecular flexibility index (Phi) is 7.44. The van der Waals surface area contributed by atoms with Crippen molar-refractivity contribution in [1.29, 1.82) is 0 Å². The van der Waals surface area contributed by atoms with Gasteiger partial charge in [0.05, 0.1) is 21.3 Å². The fourth-order valence-corrected chi connectivity index (χ4v) is 4.56. The van der Waals surface area contributed by atoms with E-state index >= 15 is 0 Å². The van der Waals surface area contributed by atoms with Gasteiger partial charge in [-0.05, 0) is 53.6 Å². The first-order valence-corrected chi connectivity index (χ1v) is 12.2. The van der Waals surface area contributed by atoms with E-state index in [1.807, 2.05) is 30.3 Å². The molecular formula is C30H28O9. The highest BCUT2D eigenvalue weighted by molar-refractivity contribution is 5.97. The second-order valence-corrected chi connectivity index (χ2v) is 8.83. The number of cyclic esters (lactones) is 1. The predicted molar refractivity (Wildman–Crippen MR) is 139 cm³/mol. The topological polar surface area (TPSA) is 102 Å². The molecule has 0 saturated heterocycles. The molecule has 0 saturated carbocycles. The monoisotopic (exact) mass is 532 g/mol. The minimum absolute atomic E-state index is 0.0896. The van der Waals surface area contributed by atoms with Crippen LogP contribution < -0.4 is 18.9 Å². The van der Waals surface area contributed by atoms with E-state index in [-0.39, 0.29) is 29.9 Å². The third-order valence-corrected chi connectivity index (χ3v) is 6.49. The second kappa shape index (κ2) is 11.1. The van der Waals surface area contributed by atoms with Gasteiger partial charge < -0.3 is 33.7 Å². The molecule has 202 valence electrons. The predicted octanol–water partition coefficient (Wildman–Crippen LogP) is 4.38. The maximum absolute atomic E-state index is 13.1. The number of carbonyl (C=O) groups is 1. The molecule has 1 unspecified atom stereocenters. The molecular weight excluding hydrogens is 504 g/mol. The molecule has 39 heavy (non-hydrogen) atoms. The lowest BCUT2D eigenvalue weighted by atomic mass is 9.89. The van der Waals surface area contributed by atoms with Crippen LogP contribution in [0.2, 0.25) is 0 Å². The van der Waals surface area contributed by atoms with Crippen LogP contribution >= 0.6 is 0 Å². The molecule has 0 spiro atoms. The standard InChI is InChI=1S/C30H28O9/c1-33-22-11-9-21(10-12-22)30(32)23(27(29(31)38-30)24-13-14-37-39-24)15-20-16-25(34-2)28(35-3)26(17-20)36-18-19-7-5-4-6-8-19/h4-13,16-17,32H,14-15,18H2,1-3H3. The normalized spacial score (nSPS) is 18.4. The van der Waals surface area contributed by atoms with Gasteiger partial charge in [-0.3, -0.25) is 0 Å². The number of aliphatic hydroxyl groups is 1. The molecule has 2 aliphatic rings. The molecule has 5 rings (SSSR count). The van der Waals surface area contributed by atoms with Gasteiger partial charge in [-0.2, -0.15) is 4.89 Å². The van der Waals surface area contributed by atoms with Crippen molar-refractivity contribution in [2.24, 2.45) is 0 Å². The Balaban J connectivity index is 1.57. The molecule has 0 bridgehead atoms. The first kappa shape index (κ1) is 26.1. The van der Waals surface area contributed by atoms with Crippen LogP contribution in [0.5, 0.6) is 23.0 Å². The quantitative estimate of drug-likeness (QED) is 0.301. The summed E-state index contributed by atoms with van der Waals surface area (Å²) in [5.74, 6) is -0.738. The molecule has 0 fully saturated rings. The number of methoxy groups -OCH3 is 3. The smallest absolute Gasteiger partial charge is 0.345 e. The molecule has 0 amide bonds. The molecule has 2 heterocycles. The summed E-state index contributed by atoms with van der Waals surface area (Å²) in [6.45, 7) is 0.460. The van der Waals surface area contributed by atoms with E-state index in [4.69, 9.17) is 33.5 Å². The van der Waals surface area contributed by atoms with Gasteiger partial charge in [-0.15, -0.1) is 0 Å². The summed E-state index contributed by atoms with van der Waals surface area (Å²) in [6.07, 6.45) is 1.70. The van der Waals surface area contributed by atoms with E-state index in [9.17, 15) is 9.90 Å². The molecule has 2 aliphatic heterocycles. The van der Waals surface area contributed by atoms with Crippen molar-refractivity contribution in [2.75, 3.05) is 27.9 Å². The zero-order valence-corrected chi connectivity index (χ0v) is 21.8. The fraction of sp³-hybridized carbons (Fsp3) is 0.233. The van der Waals surface area contributed by atoms with Crippen LogP contribution in [0, 0.1) is 0 Å². The van der Waals surface area contributed by atoms with Gasteiger partial charge in [-0.1, -0.05) is 30.3 Å². The van der Waals surface area contributed by atoms with Crippen LogP contribution in [-0.2, 0) is 38.1 Å². The molecule has 9 nitrogen and oxygen atoms in total. The van der Waals surface area contributed by atoms with Crippen molar-refractivity contribution in [1.82, 2.24) is 0 Å². The van der Waals surface area contributed by atoms with Crippen molar-refractivity contribution in [2.45, 2.75) is 18.8 Å². The Morgan fingerprint density at radius 2 is 1.64 bits per heavy atom. The van der Waals surface area contributed by atoms with Gasteiger partial charge in [-0.25, -0.2) is 4.79 Å². The van der Waals surface area contributed by atoms with Gasteiger partial charge in [0.15, 0.2) is 17.3 Å². The second-order valence-electron chi connectivity index (χ2n) is 8.83. The Morgan fingerprint density at radius 3 is 2.28 bits per heavy atom. The maximum Gasteiger partial charge on any atom is 0.345 e. The van der Waals surface area contributed by atoms with Gasteiger partial charge in [0, 0.05) is 17.6 Å². The number of ether oxygens (including phenoxy) is 5. The van der Waals surface area contributed by atoms with Crippen LogP contribution in [-0.4, -0.2) is 39.0 Å². The Labute approximate surface area is 225 Å². The van der Waals surface area contributed by atoms with Crippen LogP contribution in [0.25, 0.3) is 0 Å². The van der Waals surface area contributed by atoms with Crippen molar-refractivity contribution < 1.29 is 43.4 Å². The first-order valence-electron chi connectivity index (χ1n) is 12.2. The van der Waals surface area contributed by atoms with Gasteiger partial charge in [0.2, 0.25) is 5.75 Å². The number of benzene rings is 3. The number of carbonyl (C=O) groups excluding carboxylic acids is 1. The lowest BCUT2D eigenvalue weighted by Crippen LogP contribution is -2.29. The molecule has 1 atom stereocenters. The minimum Gasteiger partial charge on any atom is -0.497 e. The number of rotatable bonds is 10. The Bertz CT molecular complexity index is 1410. The minimum atomic E-state index is -2.07. The zero-order chi connectivity index (χ0) is 27.4. The highest BCUT2D eigenvalue weighted by atomic mass is 17.2. The maximum atomic E-state index is 13.1. The zero-order valence-electron chi connectivity index (χ0n) is 21.8. The van der Waals surface area contributed by atoms with E-state index in [0.717, 1.165) is 5.56 Å². The molecule has 1 N–H and O–H groups in total. The molecule has 9 heteroatoms. The third-order valence-electron chi connectivity index (χ3n) is 6.49. The van der Waals surface area contributed by atoms with Crippen molar-refractivity contribution in [3.8, 4) is 23.0 Å². The Morgan fingerprint density at radius 1 is 0.897 bits per heavy atom. The van der Waals surface area contributed by atoms with Crippen molar-refractivity contribution >= 4 is 5.97 Å². The van der Waals surface area contributed by atoms with Crippen molar-refractivity contribution in [3.05, 3.63) is 106 Å². The summed E-state index contributed by atoms with van der Waals surface area (Å²) in [5.41, 5.74) is 2.36. The largest absolute Gasteiger partial charge is 0.497 e. The lowest BCUT2D eigenvalue weighted by molar-refractivity contribution is -0.231. The van der Waals surface area contributed by atoms with Gasteiger partial charge in [0.25, 0.3) is 5.79 Å². The van der Waals surface area contributed by atoms with E-state index in [0.29, 0.717) is 40.7 Å². The van der Waals surface area contributed by atoms with E-state index < -0.39 is 11.8 Å². The van der Waals surface area contributed by atoms with E-state index in [1.54, 1.807) is 49.6 Å². The average molecular weight is 533 g/mol. The van der Waals surface area contributed by atoms with Crippen LogP contribution in [0.15, 0.2) is 89.7 Å². The summed E-state index contributed by atoms with van der Waals surface area (Å²) in [5, 5.41) is 11.8. The highest BCUT2D eigenvalue weighted by Crippen LogP contribution is 2.46. The van der Waals surface area contributed by atoms with Crippen LogP contribution in [0.1, 0.15) is 16.7 Å². The summed E-state index contributed by atoms with van der Waals surface area (Å²) in [4.78, 5) is 23.3.